The highest BCUT2D eigenvalue weighted by atomic mass is 28.5. The molecule has 0 N–H and O–H groups in total. The molecule has 19 heavy (non-hydrogen) atoms. The van der Waals surface area contributed by atoms with Crippen LogP contribution < -0.4 is 0 Å². The van der Waals surface area contributed by atoms with Gasteiger partial charge < -0.3 is 12.3 Å². The van der Waals surface area contributed by atoms with Crippen LogP contribution in [0.15, 0.2) is 0 Å². The summed E-state index contributed by atoms with van der Waals surface area (Å²) >= 11 is 0. The van der Waals surface area contributed by atoms with Gasteiger partial charge in [-0.05, 0) is 58.9 Å². The van der Waals surface area contributed by atoms with Crippen LogP contribution in [-0.2, 0) is 12.3 Å². The zero-order chi connectivity index (χ0) is 15.5. The van der Waals surface area contributed by atoms with Gasteiger partial charge in [-0.2, -0.15) is 0 Å². The van der Waals surface area contributed by atoms with Gasteiger partial charge in [-0.15, -0.1) is 0 Å². The SMILES string of the molecule is CCC[Si](O[Si](C)(C)C)(O[Si](C)(C)C)O[Si](C)(C)C. The van der Waals surface area contributed by atoms with Gasteiger partial charge in [-0.25, -0.2) is 0 Å². The average Bonchev–Trinajstić information content (AvgIpc) is 1.90. The van der Waals surface area contributed by atoms with Crippen molar-refractivity contribution in [3.05, 3.63) is 0 Å². The molecule has 0 aromatic heterocycles. The lowest BCUT2D eigenvalue weighted by atomic mass is 10.6. The third-order valence-electron chi connectivity index (χ3n) is 1.94. The van der Waals surface area contributed by atoms with E-state index in [2.05, 4.69) is 65.8 Å². The van der Waals surface area contributed by atoms with E-state index >= 15 is 0 Å². The van der Waals surface area contributed by atoms with Crippen LogP contribution in [0.25, 0.3) is 0 Å². The summed E-state index contributed by atoms with van der Waals surface area (Å²) in [5, 5.41) is 0. The fourth-order valence-corrected chi connectivity index (χ4v) is 16.6. The Morgan fingerprint density at radius 3 is 1.00 bits per heavy atom. The van der Waals surface area contributed by atoms with Crippen LogP contribution in [0.5, 0.6) is 0 Å². The molecule has 0 aliphatic heterocycles. The summed E-state index contributed by atoms with van der Waals surface area (Å²) in [6.45, 7) is 22.2. The second-order valence-corrected chi connectivity index (χ2v) is 25.1. The van der Waals surface area contributed by atoms with E-state index in [4.69, 9.17) is 12.3 Å². The molecule has 0 aromatic rings. The molecular formula is C12H34O3Si4. The van der Waals surface area contributed by atoms with Gasteiger partial charge in [0.2, 0.25) is 0 Å². The Morgan fingerprint density at radius 2 is 0.842 bits per heavy atom. The molecule has 0 saturated carbocycles. The summed E-state index contributed by atoms with van der Waals surface area (Å²) in [6, 6.07) is 0.950. The van der Waals surface area contributed by atoms with Gasteiger partial charge in [0.25, 0.3) is 0 Å². The normalized spacial score (nSPS) is 14.8. The van der Waals surface area contributed by atoms with E-state index < -0.39 is 33.8 Å². The Bertz CT molecular complexity index is 235. The van der Waals surface area contributed by atoms with E-state index in [-0.39, 0.29) is 0 Å². The van der Waals surface area contributed by atoms with Gasteiger partial charge in [-0.3, -0.25) is 0 Å². The summed E-state index contributed by atoms with van der Waals surface area (Å²) in [5.74, 6) is 0. The minimum Gasteiger partial charge on any atom is -0.417 e. The Kier molecular flexibility index (Phi) is 6.94. The lowest BCUT2D eigenvalue weighted by molar-refractivity contribution is 0.251. The van der Waals surface area contributed by atoms with E-state index in [1.165, 1.54) is 0 Å². The Labute approximate surface area is 124 Å². The Balaban J connectivity index is 5.34. The van der Waals surface area contributed by atoms with Crippen LogP contribution in [0, 0.1) is 0 Å². The Morgan fingerprint density at radius 1 is 0.579 bits per heavy atom. The number of hydrogen-bond acceptors (Lipinski definition) is 3. The van der Waals surface area contributed by atoms with Crippen molar-refractivity contribution in [1.82, 2.24) is 0 Å². The molecule has 0 atom stereocenters. The second kappa shape index (κ2) is 6.67. The molecular weight excluding hydrogens is 304 g/mol. The molecule has 116 valence electrons. The molecule has 7 heteroatoms. The maximum Gasteiger partial charge on any atom is 0.469 e. The first kappa shape index (κ1) is 19.7. The Hall–Kier alpha value is 0.748. The lowest BCUT2D eigenvalue weighted by Crippen LogP contribution is -2.60. The number of hydrogen-bond donors (Lipinski definition) is 0. The van der Waals surface area contributed by atoms with Crippen LogP contribution in [0.1, 0.15) is 13.3 Å². The standard InChI is InChI=1S/C12H34O3Si4/c1-11-12-19(13-16(2,3)4,14-17(5,6)7)15-18(8,9)10/h11-12H2,1-10H3. The van der Waals surface area contributed by atoms with Crippen molar-refractivity contribution < 1.29 is 12.3 Å². The van der Waals surface area contributed by atoms with Crippen LogP contribution >= 0.6 is 0 Å². The first-order chi connectivity index (χ1) is 8.18. The van der Waals surface area contributed by atoms with Gasteiger partial charge in [-0.1, -0.05) is 13.3 Å². The maximum atomic E-state index is 6.52. The first-order valence-corrected chi connectivity index (χ1v) is 19.4. The first-order valence-electron chi connectivity index (χ1n) is 7.29. The molecule has 3 nitrogen and oxygen atoms in total. The second-order valence-electron chi connectivity index (χ2n) is 8.08. The molecule has 0 bridgehead atoms. The lowest BCUT2D eigenvalue weighted by Gasteiger charge is -2.42. The van der Waals surface area contributed by atoms with Crippen LogP contribution in [0.3, 0.4) is 0 Å². The van der Waals surface area contributed by atoms with Gasteiger partial charge in [0.1, 0.15) is 0 Å². The molecule has 0 radical (unpaired) electrons. The van der Waals surface area contributed by atoms with Crippen LogP contribution in [-0.4, -0.2) is 33.8 Å². The molecule has 0 unspecified atom stereocenters. The van der Waals surface area contributed by atoms with Crippen molar-refractivity contribution in [3.63, 3.8) is 0 Å². The highest BCUT2D eigenvalue weighted by Crippen LogP contribution is 2.29. The topological polar surface area (TPSA) is 27.7 Å². The molecule has 0 saturated heterocycles. The smallest absolute Gasteiger partial charge is 0.417 e. The summed E-state index contributed by atoms with van der Waals surface area (Å²) < 4.78 is 19.6. The summed E-state index contributed by atoms with van der Waals surface area (Å²) in [5.41, 5.74) is 0. The monoisotopic (exact) mass is 338 g/mol. The fraction of sp³-hybridized carbons (Fsp3) is 1.00. The van der Waals surface area contributed by atoms with E-state index in [0.29, 0.717) is 0 Å². The van der Waals surface area contributed by atoms with Crippen LogP contribution in [0.4, 0.5) is 0 Å². The molecule has 0 fully saturated rings. The summed E-state index contributed by atoms with van der Waals surface area (Å²) in [7, 11) is -7.54. The quantitative estimate of drug-likeness (QED) is 0.590. The van der Waals surface area contributed by atoms with E-state index in [9.17, 15) is 0 Å². The molecule has 0 aliphatic carbocycles. The predicted octanol–water partition coefficient (Wildman–Crippen LogP) is 4.89. The molecule has 0 spiro atoms. The van der Waals surface area contributed by atoms with Crippen molar-refractivity contribution in [3.8, 4) is 0 Å². The average molecular weight is 339 g/mol. The summed E-state index contributed by atoms with van der Waals surface area (Å²) in [4.78, 5) is 0. The van der Waals surface area contributed by atoms with Gasteiger partial charge >= 0.3 is 8.80 Å². The largest absolute Gasteiger partial charge is 0.469 e. The minimum absolute atomic E-state index is 0.950. The van der Waals surface area contributed by atoms with Gasteiger partial charge in [0.05, 0.1) is 0 Å². The van der Waals surface area contributed by atoms with Crippen molar-refractivity contribution in [2.75, 3.05) is 0 Å². The molecule has 0 aromatic carbocycles. The van der Waals surface area contributed by atoms with E-state index in [0.717, 1.165) is 12.5 Å². The minimum atomic E-state index is -2.52. The summed E-state index contributed by atoms with van der Waals surface area (Å²) in [6.07, 6.45) is 1.06. The van der Waals surface area contributed by atoms with E-state index in [1.807, 2.05) is 0 Å². The van der Waals surface area contributed by atoms with Crippen molar-refractivity contribution in [2.24, 2.45) is 0 Å². The number of rotatable bonds is 8. The molecule has 0 amide bonds. The molecule has 0 heterocycles. The zero-order valence-corrected chi connectivity index (χ0v) is 18.6. The highest BCUT2D eigenvalue weighted by molar-refractivity contribution is 6.90. The highest BCUT2D eigenvalue weighted by Gasteiger charge is 2.49. The van der Waals surface area contributed by atoms with Gasteiger partial charge in [0.15, 0.2) is 25.0 Å². The third kappa shape index (κ3) is 10.2. The predicted molar refractivity (Wildman–Crippen MR) is 94.1 cm³/mol. The van der Waals surface area contributed by atoms with E-state index in [1.54, 1.807) is 0 Å². The van der Waals surface area contributed by atoms with Gasteiger partial charge in [0, 0.05) is 6.04 Å². The molecule has 0 rings (SSSR count). The fourth-order valence-electron chi connectivity index (χ4n) is 1.92. The van der Waals surface area contributed by atoms with Crippen LogP contribution in [0.2, 0.25) is 65.0 Å². The van der Waals surface area contributed by atoms with Crippen molar-refractivity contribution >= 4 is 33.8 Å². The maximum absolute atomic E-state index is 6.52. The molecule has 0 aliphatic rings. The third-order valence-corrected chi connectivity index (χ3v) is 14.1. The van der Waals surface area contributed by atoms with Crippen molar-refractivity contribution in [2.45, 2.75) is 78.3 Å². The zero-order valence-electron chi connectivity index (χ0n) is 14.6. The van der Waals surface area contributed by atoms with Crippen molar-refractivity contribution in [1.29, 1.82) is 0 Å².